The molecule has 1 aliphatic carbocycles. The van der Waals surface area contributed by atoms with Crippen LogP contribution in [0.25, 0.3) is 0 Å². The molecule has 1 atom stereocenters. The fraction of sp³-hybridized carbons (Fsp3) is 0.450. The number of hydrogen-bond acceptors (Lipinski definition) is 5. The van der Waals surface area contributed by atoms with E-state index in [1.165, 1.54) is 11.1 Å². The zero-order valence-electron chi connectivity index (χ0n) is 15.0. The predicted octanol–water partition coefficient (Wildman–Crippen LogP) is 2.89. The summed E-state index contributed by atoms with van der Waals surface area (Å²) in [5, 5.41) is 13.4. The van der Waals surface area contributed by atoms with Crippen molar-refractivity contribution in [3.05, 3.63) is 53.3 Å². The van der Waals surface area contributed by atoms with Gasteiger partial charge in [0.2, 0.25) is 0 Å². The van der Waals surface area contributed by atoms with Crippen LogP contribution in [0.1, 0.15) is 35.6 Å². The second kappa shape index (κ2) is 8.32. The van der Waals surface area contributed by atoms with Gasteiger partial charge in [0.25, 0.3) is 0 Å². The molecule has 3 rings (SSSR count). The van der Waals surface area contributed by atoms with E-state index in [1.807, 2.05) is 32.3 Å². The van der Waals surface area contributed by atoms with Gasteiger partial charge in [-0.3, -0.25) is 4.98 Å². The highest BCUT2D eigenvalue weighted by molar-refractivity contribution is 5.39. The molecule has 1 aromatic heterocycles. The lowest BCUT2D eigenvalue weighted by atomic mass is 9.87. The molecule has 1 heterocycles. The zero-order valence-corrected chi connectivity index (χ0v) is 15.0. The van der Waals surface area contributed by atoms with Gasteiger partial charge in [0.1, 0.15) is 18.1 Å². The van der Waals surface area contributed by atoms with Crippen molar-refractivity contribution in [3.63, 3.8) is 0 Å². The molecule has 0 amide bonds. The van der Waals surface area contributed by atoms with Crippen LogP contribution in [-0.4, -0.2) is 42.2 Å². The summed E-state index contributed by atoms with van der Waals surface area (Å²) in [4.78, 5) is 6.28. The molecule has 0 spiro atoms. The number of nitrogens with one attached hydrogen (secondary N) is 1. The quantitative estimate of drug-likeness (QED) is 0.811. The van der Waals surface area contributed by atoms with Gasteiger partial charge in [-0.05, 0) is 62.7 Å². The highest BCUT2D eigenvalue weighted by Crippen LogP contribution is 2.32. The van der Waals surface area contributed by atoms with E-state index in [0.29, 0.717) is 12.4 Å². The number of benzene rings is 1. The highest BCUT2D eigenvalue weighted by Gasteiger charge is 2.20. The fourth-order valence-corrected chi connectivity index (χ4v) is 3.25. The maximum atomic E-state index is 9.82. The van der Waals surface area contributed by atoms with Crippen LogP contribution in [0, 0.1) is 0 Å². The van der Waals surface area contributed by atoms with Crippen molar-refractivity contribution in [2.75, 3.05) is 27.2 Å². The van der Waals surface area contributed by atoms with Gasteiger partial charge in [0.15, 0.2) is 0 Å². The van der Waals surface area contributed by atoms with E-state index in [0.717, 1.165) is 43.7 Å². The Morgan fingerprint density at radius 2 is 2.20 bits per heavy atom. The van der Waals surface area contributed by atoms with Crippen molar-refractivity contribution in [1.29, 1.82) is 0 Å². The second-order valence-electron chi connectivity index (χ2n) is 6.84. The SMILES string of the molecule is CN(C)CCOc1cnccc1CNC1CCCc2ccc(O)cc21. The van der Waals surface area contributed by atoms with Crippen LogP contribution >= 0.6 is 0 Å². The molecule has 2 N–H and O–H groups in total. The van der Waals surface area contributed by atoms with Gasteiger partial charge in [-0.2, -0.15) is 0 Å². The molecule has 0 aliphatic heterocycles. The highest BCUT2D eigenvalue weighted by atomic mass is 16.5. The Balaban J connectivity index is 1.66. The summed E-state index contributed by atoms with van der Waals surface area (Å²) >= 11 is 0. The van der Waals surface area contributed by atoms with Crippen molar-refractivity contribution in [2.45, 2.75) is 31.8 Å². The van der Waals surface area contributed by atoms with Crippen LogP contribution in [-0.2, 0) is 13.0 Å². The number of hydrogen-bond donors (Lipinski definition) is 2. The molecule has 134 valence electrons. The first kappa shape index (κ1) is 17.7. The van der Waals surface area contributed by atoms with Crippen molar-refractivity contribution in [1.82, 2.24) is 15.2 Å². The molecular weight excluding hydrogens is 314 g/mol. The molecule has 1 aliphatic rings. The zero-order chi connectivity index (χ0) is 17.6. The monoisotopic (exact) mass is 341 g/mol. The van der Waals surface area contributed by atoms with Crippen LogP contribution in [0.15, 0.2) is 36.7 Å². The molecule has 5 heteroatoms. The summed E-state index contributed by atoms with van der Waals surface area (Å²) in [6.45, 7) is 2.24. The predicted molar refractivity (Wildman–Crippen MR) is 98.9 cm³/mol. The summed E-state index contributed by atoms with van der Waals surface area (Å²) in [6.07, 6.45) is 6.92. The van der Waals surface area contributed by atoms with E-state index < -0.39 is 0 Å². The van der Waals surface area contributed by atoms with Crippen LogP contribution in [0.5, 0.6) is 11.5 Å². The van der Waals surface area contributed by atoms with Gasteiger partial charge in [0, 0.05) is 30.9 Å². The molecule has 0 saturated heterocycles. The van der Waals surface area contributed by atoms with Crippen molar-refractivity contribution in [3.8, 4) is 11.5 Å². The molecule has 1 aromatic carbocycles. The Kier molecular flexibility index (Phi) is 5.89. The molecule has 25 heavy (non-hydrogen) atoms. The van der Waals surface area contributed by atoms with Crippen molar-refractivity contribution >= 4 is 0 Å². The van der Waals surface area contributed by atoms with Gasteiger partial charge >= 0.3 is 0 Å². The number of aromatic nitrogens is 1. The Labute approximate surface area is 149 Å². The number of ether oxygens (including phenoxy) is 1. The lowest BCUT2D eigenvalue weighted by Gasteiger charge is -2.27. The summed E-state index contributed by atoms with van der Waals surface area (Å²) in [5.74, 6) is 1.17. The Hall–Kier alpha value is -2.11. The van der Waals surface area contributed by atoms with Gasteiger partial charge in [-0.25, -0.2) is 0 Å². The first-order chi connectivity index (χ1) is 12.1. The van der Waals surface area contributed by atoms with Crippen molar-refractivity contribution < 1.29 is 9.84 Å². The van der Waals surface area contributed by atoms with Crippen LogP contribution in [0.2, 0.25) is 0 Å². The molecule has 0 radical (unpaired) electrons. The number of aromatic hydroxyl groups is 1. The average Bonchev–Trinajstić information content (AvgIpc) is 2.60. The fourth-order valence-electron chi connectivity index (χ4n) is 3.25. The van der Waals surface area contributed by atoms with E-state index in [4.69, 9.17) is 4.74 Å². The number of pyridine rings is 1. The maximum Gasteiger partial charge on any atom is 0.142 e. The first-order valence-corrected chi connectivity index (χ1v) is 8.89. The molecular formula is C20H27N3O2. The maximum absolute atomic E-state index is 9.82. The largest absolute Gasteiger partial charge is 0.508 e. The number of phenols is 1. The van der Waals surface area contributed by atoms with E-state index in [-0.39, 0.29) is 6.04 Å². The van der Waals surface area contributed by atoms with Crippen molar-refractivity contribution in [2.24, 2.45) is 0 Å². The Bertz CT molecular complexity index is 703. The molecule has 0 saturated carbocycles. The number of rotatable bonds is 7. The third kappa shape index (κ3) is 4.71. The lowest BCUT2D eigenvalue weighted by molar-refractivity contribution is 0.258. The minimum Gasteiger partial charge on any atom is -0.508 e. The Morgan fingerprint density at radius 1 is 1.32 bits per heavy atom. The normalized spacial score (nSPS) is 16.7. The number of fused-ring (bicyclic) bond motifs is 1. The third-order valence-corrected chi connectivity index (χ3v) is 4.65. The van der Waals surface area contributed by atoms with Crippen LogP contribution in [0.3, 0.4) is 0 Å². The smallest absolute Gasteiger partial charge is 0.142 e. The van der Waals surface area contributed by atoms with Crippen LogP contribution in [0.4, 0.5) is 0 Å². The molecule has 1 unspecified atom stereocenters. The van der Waals surface area contributed by atoms with E-state index in [9.17, 15) is 5.11 Å². The molecule has 0 bridgehead atoms. The summed E-state index contributed by atoms with van der Waals surface area (Å²) in [5.41, 5.74) is 3.66. The standard InChI is InChI=1S/C20H27N3O2/c1-23(2)10-11-25-20-14-21-9-8-16(20)13-22-19-5-3-4-15-6-7-17(24)12-18(15)19/h6-9,12,14,19,22,24H,3-5,10-11,13H2,1-2H3. The van der Waals surface area contributed by atoms with E-state index in [1.54, 1.807) is 18.5 Å². The van der Waals surface area contributed by atoms with Crippen LogP contribution < -0.4 is 10.1 Å². The summed E-state index contributed by atoms with van der Waals surface area (Å²) in [7, 11) is 4.07. The second-order valence-corrected chi connectivity index (χ2v) is 6.84. The number of phenolic OH excluding ortho intramolecular Hbond substituents is 1. The topological polar surface area (TPSA) is 57.6 Å². The minimum atomic E-state index is 0.263. The van der Waals surface area contributed by atoms with Gasteiger partial charge in [-0.15, -0.1) is 0 Å². The molecule has 5 nitrogen and oxygen atoms in total. The molecule has 0 fully saturated rings. The number of nitrogens with zero attached hydrogens (tertiary/aromatic N) is 2. The number of aryl methyl sites for hydroxylation is 1. The summed E-state index contributed by atoms with van der Waals surface area (Å²) in [6, 6.07) is 7.98. The third-order valence-electron chi connectivity index (χ3n) is 4.65. The number of likely N-dealkylation sites (N-methyl/N-ethyl adjacent to an activating group) is 1. The average molecular weight is 341 g/mol. The van der Waals surface area contributed by atoms with E-state index in [2.05, 4.69) is 15.2 Å². The lowest BCUT2D eigenvalue weighted by Crippen LogP contribution is -2.25. The first-order valence-electron chi connectivity index (χ1n) is 8.89. The molecule has 2 aromatic rings. The van der Waals surface area contributed by atoms with Gasteiger partial charge in [-0.1, -0.05) is 6.07 Å². The Morgan fingerprint density at radius 3 is 3.04 bits per heavy atom. The minimum absolute atomic E-state index is 0.263. The van der Waals surface area contributed by atoms with E-state index >= 15 is 0 Å². The summed E-state index contributed by atoms with van der Waals surface area (Å²) < 4.78 is 5.89. The van der Waals surface area contributed by atoms with Gasteiger partial charge < -0.3 is 20.1 Å². The van der Waals surface area contributed by atoms with Gasteiger partial charge in [0.05, 0.1) is 6.20 Å².